The topological polar surface area (TPSA) is 79.9 Å². The lowest BCUT2D eigenvalue weighted by molar-refractivity contribution is -0.121. The Hall–Kier alpha value is -3.71. The first-order valence-corrected chi connectivity index (χ1v) is 10.5. The second kappa shape index (κ2) is 10.1. The zero-order chi connectivity index (χ0) is 22.3. The van der Waals surface area contributed by atoms with Gasteiger partial charge in [0.15, 0.2) is 6.61 Å². The number of ether oxygens (including phenoxy) is 2. The van der Waals surface area contributed by atoms with Crippen molar-refractivity contribution in [2.24, 2.45) is 0 Å². The van der Waals surface area contributed by atoms with Crippen LogP contribution in [0.2, 0.25) is 5.02 Å². The molecule has 0 atom stereocenters. The number of carbonyl (C=O) groups excluding carboxylic acids is 2. The van der Waals surface area contributed by atoms with Gasteiger partial charge in [-0.15, -0.1) is 0 Å². The van der Waals surface area contributed by atoms with Crippen molar-refractivity contribution in [1.29, 1.82) is 0 Å². The molecule has 0 spiro atoms. The van der Waals surface area contributed by atoms with Crippen LogP contribution in [-0.2, 0) is 4.79 Å². The summed E-state index contributed by atoms with van der Waals surface area (Å²) >= 11 is 5.87. The van der Waals surface area contributed by atoms with Crippen molar-refractivity contribution in [3.05, 3.63) is 77.8 Å². The Bertz CT molecular complexity index is 1090. The van der Waals surface area contributed by atoms with E-state index in [-0.39, 0.29) is 12.5 Å². The van der Waals surface area contributed by atoms with E-state index in [2.05, 4.69) is 10.6 Å². The number of hydrogen-bond donors (Lipinski definition) is 2. The van der Waals surface area contributed by atoms with E-state index in [1.165, 1.54) is 0 Å². The van der Waals surface area contributed by atoms with E-state index in [9.17, 15) is 9.59 Å². The number of nitrogens with one attached hydrogen (secondary N) is 2. The van der Waals surface area contributed by atoms with Crippen molar-refractivity contribution in [2.45, 2.75) is 6.42 Å². The van der Waals surface area contributed by atoms with Crippen LogP contribution in [0.15, 0.2) is 72.8 Å². The molecule has 1 aliphatic heterocycles. The maximum absolute atomic E-state index is 12.5. The average Bonchev–Trinajstić information content (AvgIpc) is 2.80. The lowest BCUT2D eigenvalue weighted by atomic mass is 10.2. The highest BCUT2D eigenvalue weighted by Gasteiger charge is 2.25. The standard InChI is InChI=1S/C24H22ClN3O4/c25-17-7-9-18(10-8-17)26-24(30)27-19-11-12-22-21(15-19)28(23(29)16-32-22)13-4-14-31-20-5-2-1-3-6-20/h1-3,5-12,15H,4,13-14,16H2,(H2,26,27,30). The van der Waals surface area contributed by atoms with Crippen molar-refractivity contribution >= 4 is 40.6 Å². The molecule has 2 N–H and O–H groups in total. The molecule has 7 nitrogen and oxygen atoms in total. The van der Waals surface area contributed by atoms with Gasteiger partial charge in [-0.05, 0) is 61.0 Å². The van der Waals surface area contributed by atoms with E-state index in [0.717, 1.165) is 5.75 Å². The molecular formula is C24H22ClN3O4. The highest BCUT2D eigenvalue weighted by Crippen LogP contribution is 2.34. The van der Waals surface area contributed by atoms with Crippen molar-refractivity contribution < 1.29 is 19.1 Å². The smallest absolute Gasteiger partial charge is 0.323 e. The second-order valence-electron chi connectivity index (χ2n) is 7.12. The lowest BCUT2D eigenvalue weighted by Crippen LogP contribution is -2.39. The van der Waals surface area contributed by atoms with Gasteiger partial charge in [0.1, 0.15) is 11.5 Å². The molecule has 3 aromatic carbocycles. The molecule has 0 unspecified atom stereocenters. The largest absolute Gasteiger partial charge is 0.494 e. The molecule has 0 aliphatic carbocycles. The fraction of sp³-hybridized carbons (Fsp3) is 0.167. The van der Waals surface area contributed by atoms with E-state index in [1.54, 1.807) is 47.4 Å². The summed E-state index contributed by atoms with van der Waals surface area (Å²) in [4.78, 5) is 26.5. The Balaban J connectivity index is 1.38. The Labute approximate surface area is 190 Å². The molecule has 0 fully saturated rings. The maximum atomic E-state index is 12.5. The van der Waals surface area contributed by atoms with Crippen LogP contribution in [0.25, 0.3) is 0 Å². The van der Waals surface area contributed by atoms with Crippen LogP contribution in [-0.4, -0.2) is 31.7 Å². The molecule has 3 aromatic rings. The first-order chi connectivity index (χ1) is 15.6. The summed E-state index contributed by atoms with van der Waals surface area (Å²) in [5.74, 6) is 1.25. The molecule has 0 radical (unpaired) electrons. The second-order valence-corrected chi connectivity index (χ2v) is 7.55. The monoisotopic (exact) mass is 451 g/mol. The molecule has 0 bridgehead atoms. The molecular weight excluding hydrogens is 430 g/mol. The summed E-state index contributed by atoms with van der Waals surface area (Å²) in [6.45, 7) is 0.935. The van der Waals surface area contributed by atoms with Crippen molar-refractivity contribution in [1.82, 2.24) is 0 Å². The van der Waals surface area contributed by atoms with E-state index in [4.69, 9.17) is 21.1 Å². The zero-order valence-corrected chi connectivity index (χ0v) is 18.0. The van der Waals surface area contributed by atoms with Gasteiger partial charge < -0.3 is 25.0 Å². The highest BCUT2D eigenvalue weighted by atomic mass is 35.5. The number of amides is 3. The van der Waals surface area contributed by atoms with Gasteiger partial charge in [-0.25, -0.2) is 4.79 Å². The molecule has 0 saturated carbocycles. The van der Waals surface area contributed by atoms with Crippen LogP contribution < -0.4 is 25.0 Å². The summed E-state index contributed by atoms with van der Waals surface area (Å²) in [7, 11) is 0. The number of nitrogens with zero attached hydrogens (tertiary/aromatic N) is 1. The summed E-state index contributed by atoms with van der Waals surface area (Å²) < 4.78 is 11.3. The maximum Gasteiger partial charge on any atom is 0.323 e. The van der Waals surface area contributed by atoms with Gasteiger partial charge in [0, 0.05) is 22.9 Å². The molecule has 1 heterocycles. The third kappa shape index (κ3) is 5.50. The number of anilines is 3. The number of halogens is 1. The number of hydrogen-bond acceptors (Lipinski definition) is 4. The summed E-state index contributed by atoms with van der Waals surface area (Å²) in [6, 6.07) is 21.1. The molecule has 8 heteroatoms. The molecule has 32 heavy (non-hydrogen) atoms. The van der Waals surface area contributed by atoms with Gasteiger partial charge in [0.05, 0.1) is 12.3 Å². The van der Waals surface area contributed by atoms with E-state index in [0.29, 0.717) is 47.4 Å². The minimum atomic E-state index is -0.405. The highest BCUT2D eigenvalue weighted by molar-refractivity contribution is 6.30. The Morgan fingerprint density at radius 1 is 1.00 bits per heavy atom. The van der Waals surface area contributed by atoms with Gasteiger partial charge in [-0.3, -0.25) is 4.79 Å². The number of fused-ring (bicyclic) bond motifs is 1. The van der Waals surface area contributed by atoms with Gasteiger partial charge in [-0.1, -0.05) is 29.8 Å². The van der Waals surface area contributed by atoms with Crippen LogP contribution >= 0.6 is 11.6 Å². The van der Waals surface area contributed by atoms with E-state index in [1.807, 2.05) is 30.3 Å². The third-order valence-corrected chi connectivity index (χ3v) is 5.05. The first-order valence-electron chi connectivity index (χ1n) is 10.2. The number of carbonyl (C=O) groups is 2. The van der Waals surface area contributed by atoms with Crippen LogP contribution in [0.1, 0.15) is 6.42 Å². The molecule has 3 amide bonds. The van der Waals surface area contributed by atoms with Crippen LogP contribution in [0.5, 0.6) is 11.5 Å². The quantitative estimate of drug-likeness (QED) is 0.485. The molecule has 1 aliphatic rings. The Kier molecular flexibility index (Phi) is 6.77. The fourth-order valence-electron chi connectivity index (χ4n) is 3.28. The SMILES string of the molecule is O=C(Nc1ccc(Cl)cc1)Nc1ccc2c(c1)N(CCCOc1ccccc1)C(=O)CO2. The minimum absolute atomic E-state index is 0.0175. The minimum Gasteiger partial charge on any atom is -0.494 e. The third-order valence-electron chi connectivity index (χ3n) is 4.80. The predicted molar refractivity (Wildman–Crippen MR) is 125 cm³/mol. The molecule has 164 valence electrons. The first kappa shape index (κ1) is 21.5. The zero-order valence-electron chi connectivity index (χ0n) is 17.2. The average molecular weight is 452 g/mol. The fourth-order valence-corrected chi connectivity index (χ4v) is 3.41. The summed E-state index contributed by atoms with van der Waals surface area (Å²) in [5.41, 5.74) is 1.77. The number of urea groups is 1. The van der Waals surface area contributed by atoms with Crippen LogP contribution in [0.3, 0.4) is 0 Å². The van der Waals surface area contributed by atoms with Gasteiger partial charge in [0.25, 0.3) is 5.91 Å². The normalized spacial score (nSPS) is 12.5. The number of benzene rings is 3. The Morgan fingerprint density at radius 3 is 2.50 bits per heavy atom. The molecule has 4 rings (SSSR count). The summed E-state index contributed by atoms with van der Waals surface area (Å²) in [5, 5.41) is 6.10. The van der Waals surface area contributed by atoms with Gasteiger partial charge in [0.2, 0.25) is 0 Å². The number of para-hydroxylation sites is 1. The molecule has 0 aromatic heterocycles. The van der Waals surface area contributed by atoms with Crippen LogP contribution in [0.4, 0.5) is 21.9 Å². The van der Waals surface area contributed by atoms with E-state index >= 15 is 0 Å². The predicted octanol–water partition coefficient (Wildman–Crippen LogP) is 5.18. The molecule has 0 saturated heterocycles. The van der Waals surface area contributed by atoms with Crippen molar-refractivity contribution in [3.8, 4) is 11.5 Å². The number of rotatable bonds is 7. The van der Waals surface area contributed by atoms with E-state index < -0.39 is 6.03 Å². The van der Waals surface area contributed by atoms with Crippen LogP contribution in [0, 0.1) is 0 Å². The van der Waals surface area contributed by atoms with Crippen molar-refractivity contribution in [3.63, 3.8) is 0 Å². The summed E-state index contributed by atoms with van der Waals surface area (Å²) in [6.07, 6.45) is 0.648. The van der Waals surface area contributed by atoms with Gasteiger partial charge >= 0.3 is 6.03 Å². The Morgan fingerprint density at radius 2 is 1.72 bits per heavy atom. The lowest BCUT2D eigenvalue weighted by Gasteiger charge is -2.29. The van der Waals surface area contributed by atoms with Crippen molar-refractivity contribution in [2.75, 3.05) is 35.3 Å². The van der Waals surface area contributed by atoms with Gasteiger partial charge in [-0.2, -0.15) is 0 Å².